The number of aromatic nitrogens is 2. The van der Waals surface area contributed by atoms with Crippen LogP contribution in [0, 0.1) is 0 Å². The first kappa shape index (κ1) is 10.9. The Morgan fingerprint density at radius 2 is 2.25 bits per heavy atom. The second-order valence-electron chi connectivity index (χ2n) is 3.30. The molecule has 0 saturated carbocycles. The normalized spacial score (nSPS) is 10.9. The summed E-state index contributed by atoms with van der Waals surface area (Å²) >= 11 is 5.85. The second kappa shape index (κ2) is 4.11. The molecule has 84 valence electrons. The lowest BCUT2D eigenvalue weighted by Crippen LogP contribution is -2.25. The molecule has 0 aliphatic rings. The Hall–Kier alpha value is -1.59. The van der Waals surface area contributed by atoms with E-state index in [0.29, 0.717) is 5.52 Å². The molecule has 1 aromatic heterocycles. The van der Waals surface area contributed by atoms with Gasteiger partial charge >= 0.3 is 0 Å². The third kappa shape index (κ3) is 1.64. The second-order valence-corrected chi connectivity index (χ2v) is 3.64. The van der Waals surface area contributed by atoms with E-state index in [0.717, 1.165) is 0 Å². The van der Waals surface area contributed by atoms with Gasteiger partial charge in [0.25, 0.3) is 5.56 Å². The van der Waals surface area contributed by atoms with Gasteiger partial charge in [-0.15, -0.1) is 0 Å². The highest BCUT2D eigenvalue weighted by molar-refractivity contribution is 6.28. The molecule has 1 heterocycles. The fourth-order valence-electron chi connectivity index (χ4n) is 1.54. The molecule has 0 spiro atoms. The van der Waals surface area contributed by atoms with Crippen molar-refractivity contribution in [1.82, 2.24) is 9.55 Å². The summed E-state index contributed by atoms with van der Waals surface area (Å²) in [6.07, 6.45) is 0. The van der Waals surface area contributed by atoms with Crippen molar-refractivity contribution in [2.24, 2.45) is 5.73 Å². The molecule has 0 bridgehead atoms. The highest BCUT2D eigenvalue weighted by atomic mass is 35.5. The zero-order chi connectivity index (χ0) is 11.7. The van der Waals surface area contributed by atoms with Gasteiger partial charge in [-0.3, -0.25) is 9.36 Å². The van der Waals surface area contributed by atoms with E-state index in [4.69, 9.17) is 17.3 Å². The fourth-order valence-corrected chi connectivity index (χ4v) is 1.79. The summed E-state index contributed by atoms with van der Waals surface area (Å²) in [6, 6.07) is 4.66. The van der Waals surface area contributed by atoms with Gasteiger partial charge < -0.3 is 10.8 Å². The molecule has 0 aliphatic carbocycles. The maximum absolute atomic E-state index is 12.0. The van der Waals surface area contributed by atoms with E-state index >= 15 is 0 Å². The molecule has 0 radical (unpaired) electrons. The van der Waals surface area contributed by atoms with Crippen molar-refractivity contribution in [2.75, 3.05) is 6.54 Å². The number of phenols is 1. The summed E-state index contributed by atoms with van der Waals surface area (Å²) in [5, 5.41) is 9.85. The van der Waals surface area contributed by atoms with Crippen LogP contribution in [0.1, 0.15) is 0 Å². The summed E-state index contributed by atoms with van der Waals surface area (Å²) < 4.78 is 1.24. The number of halogens is 1. The molecule has 0 saturated heterocycles. The predicted octanol–water partition coefficient (Wildman–Crippen LogP) is 0.714. The zero-order valence-corrected chi connectivity index (χ0v) is 9.11. The van der Waals surface area contributed by atoms with Crippen molar-refractivity contribution < 1.29 is 5.11 Å². The molecule has 6 heteroatoms. The monoisotopic (exact) mass is 239 g/mol. The Kier molecular flexibility index (Phi) is 2.80. The Labute approximate surface area is 96.1 Å². The van der Waals surface area contributed by atoms with Gasteiger partial charge in [0.1, 0.15) is 11.1 Å². The summed E-state index contributed by atoms with van der Waals surface area (Å²) in [7, 11) is 0. The first-order chi connectivity index (χ1) is 7.65. The van der Waals surface area contributed by atoms with Crippen LogP contribution in [0.3, 0.4) is 0 Å². The van der Waals surface area contributed by atoms with Gasteiger partial charge in [-0.2, -0.15) is 0 Å². The van der Waals surface area contributed by atoms with Crippen LogP contribution in [-0.2, 0) is 6.54 Å². The van der Waals surface area contributed by atoms with Crippen LogP contribution in [0.15, 0.2) is 23.0 Å². The first-order valence-electron chi connectivity index (χ1n) is 4.73. The van der Waals surface area contributed by atoms with Gasteiger partial charge in [-0.05, 0) is 23.7 Å². The number of nitrogens with two attached hydrogens (primary N) is 1. The van der Waals surface area contributed by atoms with Gasteiger partial charge in [0.15, 0.2) is 0 Å². The van der Waals surface area contributed by atoms with Crippen molar-refractivity contribution in [1.29, 1.82) is 0 Å². The lowest BCUT2D eigenvalue weighted by atomic mass is 10.2. The average Bonchev–Trinajstić information content (AvgIpc) is 2.24. The molecule has 3 N–H and O–H groups in total. The summed E-state index contributed by atoms with van der Waals surface area (Å²) in [5.41, 5.74) is 5.37. The molecular weight excluding hydrogens is 230 g/mol. The summed E-state index contributed by atoms with van der Waals surface area (Å²) in [4.78, 5) is 16.0. The van der Waals surface area contributed by atoms with E-state index in [-0.39, 0.29) is 35.1 Å². The van der Waals surface area contributed by atoms with Crippen LogP contribution in [0.5, 0.6) is 5.75 Å². The molecule has 16 heavy (non-hydrogen) atoms. The van der Waals surface area contributed by atoms with Gasteiger partial charge in [0.2, 0.25) is 5.28 Å². The number of nitrogens with zero attached hydrogens (tertiary/aromatic N) is 2. The van der Waals surface area contributed by atoms with Crippen LogP contribution >= 0.6 is 11.6 Å². The minimum absolute atomic E-state index is 0.0774. The number of benzene rings is 1. The minimum atomic E-state index is -0.376. The summed E-state index contributed by atoms with van der Waals surface area (Å²) in [5.74, 6) is -0.0996. The average molecular weight is 240 g/mol. The molecule has 0 fully saturated rings. The lowest BCUT2D eigenvalue weighted by Gasteiger charge is -2.08. The van der Waals surface area contributed by atoms with E-state index < -0.39 is 0 Å². The topological polar surface area (TPSA) is 81.1 Å². The van der Waals surface area contributed by atoms with Crippen LogP contribution in [-0.4, -0.2) is 21.2 Å². The largest absolute Gasteiger partial charge is 0.507 e. The van der Waals surface area contributed by atoms with Gasteiger partial charge in [-0.1, -0.05) is 6.07 Å². The quantitative estimate of drug-likeness (QED) is 0.757. The van der Waals surface area contributed by atoms with Gasteiger partial charge in [-0.25, -0.2) is 4.98 Å². The molecule has 0 atom stereocenters. The van der Waals surface area contributed by atoms with E-state index in [1.54, 1.807) is 12.1 Å². The number of phenolic OH excluding ortho intramolecular Hbond substituents is 1. The van der Waals surface area contributed by atoms with E-state index in [1.165, 1.54) is 10.6 Å². The van der Waals surface area contributed by atoms with Crippen molar-refractivity contribution in [3.8, 4) is 5.75 Å². The van der Waals surface area contributed by atoms with Crippen LogP contribution < -0.4 is 11.3 Å². The standard InChI is InChI=1S/C10H10ClN3O2/c11-10-13-6-2-1-3-7(15)8(6)9(16)14(10)5-4-12/h1-3,15H,4-5,12H2. The lowest BCUT2D eigenvalue weighted by molar-refractivity contribution is 0.480. The predicted molar refractivity (Wildman–Crippen MR) is 61.7 cm³/mol. The Bertz CT molecular complexity index is 594. The zero-order valence-electron chi connectivity index (χ0n) is 8.35. The summed E-state index contributed by atoms with van der Waals surface area (Å²) in [6.45, 7) is 0.551. The highest BCUT2D eigenvalue weighted by Gasteiger charge is 2.11. The van der Waals surface area contributed by atoms with Crippen molar-refractivity contribution in [2.45, 2.75) is 6.54 Å². The number of fused-ring (bicyclic) bond motifs is 1. The maximum Gasteiger partial charge on any atom is 0.266 e. The van der Waals surface area contributed by atoms with E-state index in [2.05, 4.69) is 4.98 Å². The number of hydrogen-bond acceptors (Lipinski definition) is 4. The molecule has 0 unspecified atom stereocenters. The SMILES string of the molecule is NCCn1c(Cl)nc2cccc(O)c2c1=O. The van der Waals surface area contributed by atoms with Crippen LogP contribution in [0.4, 0.5) is 0 Å². The fraction of sp³-hybridized carbons (Fsp3) is 0.200. The van der Waals surface area contributed by atoms with E-state index in [1.807, 2.05) is 0 Å². The molecule has 0 amide bonds. The maximum atomic E-state index is 12.0. The molecule has 0 aliphatic heterocycles. The minimum Gasteiger partial charge on any atom is -0.507 e. The number of hydrogen-bond donors (Lipinski definition) is 2. The third-order valence-corrected chi connectivity index (χ3v) is 2.56. The number of rotatable bonds is 2. The molecule has 1 aromatic carbocycles. The molecule has 2 aromatic rings. The van der Waals surface area contributed by atoms with Crippen molar-refractivity contribution >= 4 is 22.5 Å². The third-order valence-electron chi connectivity index (χ3n) is 2.27. The Morgan fingerprint density at radius 1 is 1.50 bits per heavy atom. The first-order valence-corrected chi connectivity index (χ1v) is 5.11. The molecule has 5 nitrogen and oxygen atoms in total. The van der Waals surface area contributed by atoms with Gasteiger partial charge in [0.05, 0.1) is 5.52 Å². The highest BCUT2D eigenvalue weighted by Crippen LogP contribution is 2.20. The molecular formula is C10H10ClN3O2. The van der Waals surface area contributed by atoms with Gasteiger partial charge in [0, 0.05) is 13.1 Å². The molecule has 2 rings (SSSR count). The number of aromatic hydroxyl groups is 1. The van der Waals surface area contributed by atoms with E-state index in [9.17, 15) is 9.90 Å². The van der Waals surface area contributed by atoms with Crippen molar-refractivity contribution in [3.63, 3.8) is 0 Å². The van der Waals surface area contributed by atoms with Crippen LogP contribution in [0.25, 0.3) is 10.9 Å². The Morgan fingerprint density at radius 3 is 2.94 bits per heavy atom. The van der Waals surface area contributed by atoms with Crippen LogP contribution in [0.2, 0.25) is 5.28 Å². The van der Waals surface area contributed by atoms with Crippen molar-refractivity contribution in [3.05, 3.63) is 33.8 Å². The Balaban J connectivity index is 2.86. The smallest absolute Gasteiger partial charge is 0.266 e.